The molecule has 32 heavy (non-hydrogen) atoms. The zero-order valence-corrected chi connectivity index (χ0v) is 18.7. The maximum Gasteiger partial charge on any atom is 0.137 e. The van der Waals surface area contributed by atoms with E-state index in [0.717, 1.165) is 11.3 Å². The minimum absolute atomic E-state index is 0.0146. The third kappa shape index (κ3) is 2.92. The summed E-state index contributed by atoms with van der Waals surface area (Å²) in [6.45, 7) is 6.73. The van der Waals surface area contributed by atoms with Crippen molar-refractivity contribution < 1.29 is 4.42 Å². The van der Waals surface area contributed by atoms with Gasteiger partial charge in [0.25, 0.3) is 0 Å². The highest BCUT2D eigenvalue weighted by molar-refractivity contribution is 6.10. The molecule has 0 N–H and O–H groups in total. The van der Waals surface area contributed by atoms with Gasteiger partial charge in [0.1, 0.15) is 5.76 Å². The van der Waals surface area contributed by atoms with Gasteiger partial charge in [-0.25, -0.2) is 0 Å². The van der Waals surface area contributed by atoms with Gasteiger partial charge in [0.2, 0.25) is 0 Å². The Morgan fingerprint density at radius 1 is 0.750 bits per heavy atom. The van der Waals surface area contributed by atoms with Gasteiger partial charge in [-0.05, 0) is 61.8 Å². The number of furan rings is 1. The third-order valence-corrected chi connectivity index (χ3v) is 6.74. The van der Waals surface area contributed by atoms with E-state index < -0.39 is 0 Å². The van der Waals surface area contributed by atoms with Crippen molar-refractivity contribution in [2.24, 2.45) is 0 Å². The van der Waals surface area contributed by atoms with Crippen LogP contribution in [0, 0.1) is 0 Å². The summed E-state index contributed by atoms with van der Waals surface area (Å²) in [7, 11) is 0. The molecule has 0 aliphatic heterocycles. The van der Waals surface area contributed by atoms with Crippen molar-refractivity contribution in [2.75, 3.05) is 0 Å². The maximum absolute atomic E-state index is 6.08. The largest absolute Gasteiger partial charge is 0.464 e. The summed E-state index contributed by atoms with van der Waals surface area (Å²) < 4.78 is 6.08. The first-order chi connectivity index (χ1) is 15.5. The molecular weight excluding hydrogens is 388 g/mol. The summed E-state index contributed by atoms with van der Waals surface area (Å²) in [5.74, 6) is 1.21. The van der Waals surface area contributed by atoms with Crippen LogP contribution in [0.3, 0.4) is 0 Å². The Hall–Kier alpha value is -3.58. The Morgan fingerprint density at radius 2 is 1.53 bits per heavy atom. The average molecular weight is 415 g/mol. The quantitative estimate of drug-likeness (QED) is 0.263. The van der Waals surface area contributed by atoms with E-state index >= 15 is 0 Å². The molecule has 1 atom stereocenters. The van der Waals surface area contributed by atoms with Gasteiger partial charge in [0.15, 0.2) is 0 Å². The predicted molar refractivity (Wildman–Crippen MR) is 135 cm³/mol. The number of benzene rings is 4. The molecule has 1 nitrogen and oxygen atoms in total. The molecule has 1 heterocycles. The van der Waals surface area contributed by atoms with Crippen LogP contribution in [-0.2, 0) is 5.41 Å². The van der Waals surface area contributed by atoms with Crippen LogP contribution >= 0.6 is 0 Å². The number of allylic oxidation sites excluding steroid dienone is 1. The summed E-state index contributed by atoms with van der Waals surface area (Å²) in [4.78, 5) is 0. The number of fused-ring (bicyclic) bond motifs is 4. The molecule has 0 saturated carbocycles. The summed E-state index contributed by atoms with van der Waals surface area (Å²) in [5, 5.41) is 5.17. The van der Waals surface area contributed by atoms with Crippen LogP contribution in [0.25, 0.3) is 38.9 Å². The number of hydrogen-bond acceptors (Lipinski definition) is 1. The molecule has 0 radical (unpaired) electrons. The fourth-order valence-electron chi connectivity index (χ4n) is 5.20. The lowest BCUT2D eigenvalue weighted by atomic mass is 9.83. The van der Waals surface area contributed by atoms with E-state index in [0.29, 0.717) is 0 Å². The third-order valence-electron chi connectivity index (χ3n) is 6.74. The maximum atomic E-state index is 6.08. The van der Waals surface area contributed by atoms with Gasteiger partial charge in [-0.3, -0.25) is 0 Å². The fraction of sp³-hybridized carbons (Fsp3) is 0.161. The van der Waals surface area contributed by atoms with E-state index in [-0.39, 0.29) is 11.3 Å². The summed E-state index contributed by atoms with van der Waals surface area (Å²) in [5.41, 5.74) is 6.42. The van der Waals surface area contributed by atoms with Gasteiger partial charge in [-0.2, -0.15) is 0 Å². The van der Waals surface area contributed by atoms with Crippen LogP contribution in [-0.4, -0.2) is 0 Å². The normalized spacial score (nSPS) is 15.5. The highest BCUT2D eigenvalue weighted by Gasteiger charge is 2.25. The minimum Gasteiger partial charge on any atom is -0.464 e. The van der Waals surface area contributed by atoms with Crippen LogP contribution in [0.4, 0.5) is 0 Å². The summed E-state index contributed by atoms with van der Waals surface area (Å²) >= 11 is 0. The Bertz CT molecular complexity index is 1510. The molecule has 4 aromatic carbocycles. The molecule has 0 bridgehead atoms. The van der Waals surface area contributed by atoms with Crippen molar-refractivity contribution in [3.05, 3.63) is 113 Å². The number of rotatable bonds is 2. The van der Waals surface area contributed by atoms with Gasteiger partial charge in [-0.1, -0.05) is 93.6 Å². The smallest absolute Gasteiger partial charge is 0.137 e. The second kappa shape index (κ2) is 6.97. The Balaban J connectivity index is 1.69. The first kappa shape index (κ1) is 19.1. The van der Waals surface area contributed by atoms with E-state index in [2.05, 4.69) is 112 Å². The van der Waals surface area contributed by atoms with Gasteiger partial charge in [0.05, 0.1) is 6.26 Å². The van der Waals surface area contributed by atoms with Gasteiger partial charge in [-0.15, -0.1) is 0 Å². The first-order valence-corrected chi connectivity index (χ1v) is 11.3. The van der Waals surface area contributed by atoms with Crippen molar-refractivity contribution >= 4 is 27.6 Å². The van der Waals surface area contributed by atoms with Crippen molar-refractivity contribution in [1.29, 1.82) is 0 Å². The van der Waals surface area contributed by atoms with E-state index in [1.165, 1.54) is 43.8 Å². The van der Waals surface area contributed by atoms with E-state index in [1.807, 2.05) is 6.26 Å². The van der Waals surface area contributed by atoms with Gasteiger partial charge >= 0.3 is 0 Å². The molecule has 156 valence electrons. The van der Waals surface area contributed by atoms with Gasteiger partial charge in [0, 0.05) is 17.0 Å². The van der Waals surface area contributed by atoms with Crippen LogP contribution in [0.15, 0.2) is 95.6 Å². The molecule has 1 aliphatic rings. The van der Waals surface area contributed by atoms with E-state index in [4.69, 9.17) is 4.42 Å². The molecule has 0 saturated heterocycles. The monoisotopic (exact) mass is 414 g/mol. The SMILES string of the molecule is CC(C)(C)c1ccoc1-c1cc(C2C=Cc3ccccc32)c2c(ccc3ccccc32)c1. The molecule has 0 amide bonds. The molecule has 6 rings (SSSR count). The molecule has 1 aliphatic carbocycles. The molecule has 0 fully saturated rings. The highest BCUT2D eigenvalue weighted by Crippen LogP contribution is 2.44. The lowest BCUT2D eigenvalue weighted by Crippen LogP contribution is -2.11. The van der Waals surface area contributed by atoms with Crippen LogP contribution < -0.4 is 0 Å². The van der Waals surface area contributed by atoms with Gasteiger partial charge < -0.3 is 4.42 Å². The molecule has 1 unspecified atom stereocenters. The van der Waals surface area contributed by atoms with Crippen LogP contribution in [0.5, 0.6) is 0 Å². The standard InChI is InChI=1S/C31H26O/c1-31(2,3)28-16-17-32-30(28)23-18-22-13-12-21-9-5-7-11-25(21)29(22)27(19-23)26-15-14-20-8-4-6-10-24(20)26/h4-19,26H,1-3H3. The van der Waals surface area contributed by atoms with Crippen LogP contribution in [0.2, 0.25) is 0 Å². The second-order valence-electron chi connectivity index (χ2n) is 9.83. The van der Waals surface area contributed by atoms with Crippen molar-refractivity contribution in [3.8, 4) is 11.3 Å². The number of hydrogen-bond donors (Lipinski definition) is 0. The zero-order valence-electron chi connectivity index (χ0n) is 18.7. The Kier molecular flexibility index (Phi) is 4.16. The minimum atomic E-state index is 0.0146. The lowest BCUT2D eigenvalue weighted by molar-refractivity contribution is 0.550. The summed E-state index contributed by atoms with van der Waals surface area (Å²) in [6, 6.07) is 28.7. The lowest BCUT2D eigenvalue weighted by Gasteiger charge is -2.21. The Labute approximate surface area is 189 Å². The molecule has 5 aromatic rings. The van der Waals surface area contributed by atoms with Crippen molar-refractivity contribution in [3.63, 3.8) is 0 Å². The first-order valence-electron chi connectivity index (χ1n) is 11.3. The van der Waals surface area contributed by atoms with E-state index in [1.54, 1.807) is 0 Å². The Morgan fingerprint density at radius 3 is 2.41 bits per heavy atom. The highest BCUT2D eigenvalue weighted by atomic mass is 16.3. The average Bonchev–Trinajstić information content (AvgIpc) is 3.46. The molecule has 1 heteroatoms. The second-order valence-corrected chi connectivity index (χ2v) is 9.83. The molecule has 0 spiro atoms. The van der Waals surface area contributed by atoms with Crippen LogP contribution in [0.1, 0.15) is 48.9 Å². The fourth-order valence-corrected chi connectivity index (χ4v) is 5.20. The molecule has 1 aromatic heterocycles. The van der Waals surface area contributed by atoms with E-state index in [9.17, 15) is 0 Å². The topological polar surface area (TPSA) is 13.1 Å². The molecular formula is C31H26O. The predicted octanol–water partition coefficient (Wildman–Crippen LogP) is 8.71. The van der Waals surface area contributed by atoms with Crippen molar-refractivity contribution in [1.82, 2.24) is 0 Å². The van der Waals surface area contributed by atoms with Crippen molar-refractivity contribution in [2.45, 2.75) is 32.1 Å². The summed E-state index contributed by atoms with van der Waals surface area (Å²) in [6.07, 6.45) is 6.43. The zero-order chi connectivity index (χ0) is 21.9.